The largest absolute Gasteiger partial charge is 0.399 e. The molecule has 1 aliphatic rings. The van der Waals surface area contributed by atoms with E-state index in [1.807, 2.05) is 24.4 Å². The van der Waals surface area contributed by atoms with Crippen LogP contribution in [-0.2, 0) is 4.84 Å². The molecule has 0 aliphatic carbocycles. The number of oxime groups is 1. The second-order valence-electron chi connectivity index (χ2n) is 6.12. The summed E-state index contributed by atoms with van der Waals surface area (Å²) < 4.78 is 13.4. The second kappa shape index (κ2) is 8.96. The van der Waals surface area contributed by atoms with Gasteiger partial charge < -0.3 is 9.74 Å². The Labute approximate surface area is 158 Å². The number of nitrogens with zero attached hydrogens (tertiary/aromatic N) is 4. The van der Waals surface area contributed by atoms with E-state index in [-0.39, 0.29) is 5.02 Å². The first-order valence-corrected chi connectivity index (χ1v) is 8.99. The predicted octanol–water partition coefficient (Wildman–Crippen LogP) is 3.44. The van der Waals surface area contributed by atoms with Gasteiger partial charge in [0.05, 0.1) is 10.7 Å². The molecule has 2 aromatic rings. The van der Waals surface area contributed by atoms with Gasteiger partial charge in [-0.1, -0.05) is 28.9 Å². The van der Waals surface area contributed by atoms with Crippen LogP contribution in [-0.4, -0.2) is 55.4 Å². The third kappa shape index (κ3) is 4.71. The number of rotatable bonds is 6. The molecule has 1 fully saturated rings. The van der Waals surface area contributed by atoms with Crippen LogP contribution in [0.3, 0.4) is 0 Å². The number of pyridine rings is 1. The number of anilines is 1. The molecule has 0 unspecified atom stereocenters. The molecule has 0 amide bonds. The molecule has 0 radical (unpaired) electrons. The summed E-state index contributed by atoms with van der Waals surface area (Å²) in [6, 6.07) is 10.6. The van der Waals surface area contributed by atoms with Crippen molar-refractivity contribution < 1.29 is 9.23 Å². The Hall–Kier alpha value is -2.18. The molecule has 26 heavy (non-hydrogen) atoms. The minimum atomic E-state index is -0.433. The van der Waals surface area contributed by atoms with Crippen LogP contribution >= 0.6 is 11.6 Å². The summed E-state index contributed by atoms with van der Waals surface area (Å²) in [7, 11) is 1.51. The molecule has 0 bridgehead atoms. The quantitative estimate of drug-likeness (QED) is 0.572. The lowest BCUT2D eigenvalue weighted by atomic mass is 10.1. The highest BCUT2D eigenvalue weighted by Crippen LogP contribution is 2.18. The topological polar surface area (TPSA) is 41.0 Å². The summed E-state index contributed by atoms with van der Waals surface area (Å²) in [5.74, 6) is 0.590. The van der Waals surface area contributed by atoms with Crippen LogP contribution in [0, 0.1) is 5.82 Å². The van der Waals surface area contributed by atoms with Crippen LogP contribution in [0.25, 0.3) is 0 Å². The van der Waals surface area contributed by atoms with Crippen LogP contribution in [0.1, 0.15) is 12.0 Å². The molecule has 1 aromatic heterocycles. The van der Waals surface area contributed by atoms with E-state index in [4.69, 9.17) is 16.4 Å². The molecule has 0 spiro atoms. The van der Waals surface area contributed by atoms with Crippen molar-refractivity contribution in [3.8, 4) is 0 Å². The normalized spacial score (nSPS) is 16.0. The van der Waals surface area contributed by atoms with Gasteiger partial charge in [-0.25, -0.2) is 9.37 Å². The summed E-state index contributed by atoms with van der Waals surface area (Å²) in [6.45, 7) is 4.65. The molecule has 7 heteroatoms. The van der Waals surface area contributed by atoms with Crippen molar-refractivity contribution in [1.29, 1.82) is 0 Å². The predicted molar refractivity (Wildman–Crippen MR) is 102 cm³/mol. The van der Waals surface area contributed by atoms with E-state index in [0.717, 1.165) is 49.8 Å². The van der Waals surface area contributed by atoms with Gasteiger partial charge >= 0.3 is 0 Å². The van der Waals surface area contributed by atoms with Gasteiger partial charge in [0, 0.05) is 50.9 Å². The van der Waals surface area contributed by atoms with E-state index in [1.165, 1.54) is 13.2 Å². The van der Waals surface area contributed by atoms with E-state index >= 15 is 0 Å². The third-order valence-electron chi connectivity index (χ3n) is 4.46. The van der Waals surface area contributed by atoms with Crippen molar-refractivity contribution in [1.82, 2.24) is 9.88 Å². The SMILES string of the molecule is CO/N=C(/CCN1CCN(c2ccccn2)CC1)c1ccc(F)c(Cl)c1. The smallest absolute Gasteiger partial charge is 0.141 e. The molecule has 3 rings (SSSR count). The minimum Gasteiger partial charge on any atom is -0.399 e. The number of aromatic nitrogens is 1. The van der Waals surface area contributed by atoms with Crippen molar-refractivity contribution >= 4 is 23.1 Å². The van der Waals surface area contributed by atoms with E-state index in [2.05, 4.69) is 19.9 Å². The molecular formula is C19H22ClFN4O. The molecule has 1 saturated heterocycles. The van der Waals surface area contributed by atoms with E-state index in [9.17, 15) is 4.39 Å². The molecule has 2 heterocycles. The Balaban J connectivity index is 1.55. The molecule has 0 saturated carbocycles. The highest BCUT2D eigenvalue weighted by atomic mass is 35.5. The fourth-order valence-electron chi connectivity index (χ4n) is 3.03. The van der Waals surface area contributed by atoms with Gasteiger partial charge in [-0.05, 0) is 24.3 Å². The molecule has 5 nitrogen and oxygen atoms in total. The zero-order chi connectivity index (χ0) is 18.4. The number of benzene rings is 1. The maximum Gasteiger partial charge on any atom is 0.141 e. The number of hydrogen-bond donors (Lipinski definition) is 0. The summed E-state index contributed by atoms with van der Waals surface area (Å²) in [5, 5.41) is 4.19. The molecule has 0 atom stereocenters. The number of halogens is 2. The fourth-order valence-corrected chi connectivity index (χ4v) is 3.21. The molecule has 0 N–H and O–H groups in total. The first kappa shape index (κ1) is 18.6. The van der Waals surface area contributed by atoms with Gasteiger partial charge in [0.25, 0.3) is 0 Å². The second-order valence-corrected chi connectivity index (χ2v) is 6.52. The van der Waals surface area contributed by atoms with Crippen LogP contribution in [0.15, 0.2) is 47.8 Å². The maximum atomic E-state index is 13.4. The van der Waals surface area contributed by atoms with E-state index < -0.39 is 5.82 Å². The van der Waals surface area contributed by atoms with Gasteiger partial charge in [-0.15, -0.1) is 0 Å². The Morgan fingerprint density at radius 1 is 1.23 bits per heavy atom. The maximum absolute atomic E-state index is 13.4. The summed E-state index contributed by atoms with van der Waals surface area (Å²) in [6.07, 6.45) is 2.53. The lowest BCUT2D eigenvalue weighted by molar-refractivity contribution is 0.211. The number of hydrogen-bond acceptors (Lipinski definition) is 5. The highest BCUT2D eigenvalue weighted by molar-refractivity contribution is 6.31. The van der Waals surface area contributed by atoms with Crippen molar-refractivity contribution in [2.45, 2.75) is 6.42 Å². The van der Waals surface area contributed by atoms with Gasteiger partial charge in [-0.3, -0.25) is 4.90 Å². The summed E-state index contributed by atoms with van der Waals surface area (Å²) in [4.78, 5) is 14.0. The average Bonchev–Trinajstić information content (AvgIpc) is 2.68. The summed E-state index contributed by atoms with van der Waals surface area (Å²) in [5.41, 5.74) is 1.55. The zero-order valence-corrected chi connectivity index (χ0v) is 15.5. The van der Waals surface area contributed by atoms with Gasteiger partial charge in [-0.2, -0.15) is 0 Å². The van der Waals surface area contributed by atoms with Crippen LogP contribution in [0.5, 0.6) is 0 Å². The average molecular weight is 377 g/mol. The molecular weight excluding hydrogens is 355 g/mol. The lowest BCUT2D eigenvalue weighted by Crippen LogP contribution is -2.47. The van der Waals surface area contributed by atoms with Crippen molar-refractivity contribution in [3.05, 3.63) is 59.0 Å². The standard InChI is InChI=1S/C19H22ClFN4O/c1-26-23-18(15-5-6-17(21)16(20)14-15)7-9-24-10-12-25(13-11-24)19-4-2-3-8-22-19/h2-6,8,14H,7,9-13H2,1H3/b23-18-. The van der Waals surface area contributed by atoms with Crippen molar-refractivity contribution in [3.63, 3.8) is 0 Å². The Bertz CT molecular complexity index is 748. The third-order valence-corrected chi connectivity index (χ3v) is 4.75. The van der Waals surface area contributed by atoms with Gasteiger partial charge in [0.15, 0.2) is 0 Å². The molecule has 138 valence electrons. The van der Waals surface area contributed by atoms with Crippen LogP contribution in [0.2, 0.25) is 5.02 Å². The van der Waals surface area contributed by atoms with Crippen molar-refractivity contribution in [2.24, 2.45) is 5.16 Å². The first-order chi connectivity index (χ1) is 12.7. The Morgan fingerprint density at radius 2 is 2.04 bits per heavy atom. The minimum absolute atomic E-state index is 0.0929. The Morgan fingerprint density at radius 3 is 2.69 bits per heavy atom. The monoisotopic (exact) mass is 376 g/mol. The van der Waals surface area contributed by atoms with Crippen LogP contribution < -0.4 is 4.90 Å². The molecule has 1 aliphatic heterocycles. The van der Waals surface area contributed by atoms with Crippen molar-refractivity contribution in [2.75, 3.05) is 44.7 Å². The van der Waals surface area contributed by atoms with Crippen LogP contribution in [0.4, 0.5) is 10.2 Å². The van der Waals surface area contributed by atoms with Gasteiger partial charge in [0.2, 0.25) is 0 Å². The van der Waals surface area contributed by atoms with E-state index in [1.54, 1.807) is 12.1 Å². The fraction of sp³-hybridized carbons (Fsp3) is 0.368. The summed E-state index contributed by atoms with van der Waals surface area (Å²) >= 11 is 5.89. The van der Waals surface area contributed by atoms with E-state index in [0.29, 0.717) is 6.42 Å². The first-order valence-electron chi connectivity index (χ1n) is 8.61. The molecule has 1 aromatic carbocycles. The highest BCUT2D eigenvalue weighted by Gasteiger charge is 2.18. The van der Waals surface area contributed by atoms with Gasteiger partial charge in [0.1, 0.15) is 18.7 Å². The zero-order valence-electron chi connectivity index (χ0n) is 14.7. The lowest BCUT2D eigenvalue weighted by Gasteiger charge is -2.35. The Kier molecular flexibility index (Phi) is 6.41. The number of piperazine rings is 1.